The second-order valence-corrected chi connectivity index (χ2v) is 3.48. The molecule has 0 amide bonds. The van der Waals surface area contributed by atoms with Gasteiger partial charge in [0.2, 0.25) is 11.3 Å². The zero-order valence-electron chi connectivity index (χ0n) is 8.70. The molecule has 16 heavy (non-hydrogen) atoms. The van der Waals surface area contributed by atoms with Crippen molar-refractivity contribution in [2.75, 3.05) is 0 Å². The van der Waals surface area contributed by atoms with E-state index in [-0.39, 0.29) is 0 Å². The first-order valence-electron chi connectivity index (χ1n) is 4.95. The second-order valence-electron chi connectivity index (χ2n) is 3.48. The number of aromatic nitrogens is 5. The van der Waals surface area contributed by atoms with Gasteiger partial charge < -0.3 is 0 Å². The lowest BCUT2D eigenvalue weighted by atomic mass is 10.3. The molecule has 5 nitrogen and oxygen atoms in total. The highest BCUT2D eigenvalue weighted by Gasteiger charge is 2.06. The summed E-state index contributed by atoms with van der Waals surface area (Å²) in [7, 11) is 0. The Balaban J connectivity index is 2.19. The van der Waals surface area contributed by atoms with Crippen molar-refractivity contribution < 1.29 is 0 Å². The van der Waals surface area contributed by atoms with Gasteiger partial charge in [0.05, 0.1) is 17.6 Å². The Kier molecular flexibility index (Phi) is 1.89. The molecule has 2 heterocycles. The van der Waals surface area contributed by atoms with Crippen LogP contribution in [0.2, 0.25) is 0 Å². The van der Waals surface area contributed by atoms with Gasteiger partial charge in [-0.25, -0.2) is 9.97 Å². The first kappa shape index (κ1) is 8.96. The van der Waals surface area contributed by atoms with Crippen molar-refractivity contribution in [2.24, 2.45) is 0 Å². The van der Waals surface area contributed by atoms with Gasteiger partial charge in [0.15, 0.2) is 0 Å². The standard InChI is InChI=1S/C11H9N5/c1-8-7-12-10-11(13-8)15-16(14-10)9-5-3-2-4-6-9/h2-7H,1H3. The van der Waals surface area contributed by atoms with Gasteiger partial charge in [-0.2, -0.15) is 0 Å². The first-order valence-corrected chi connectivity index (χ1v) is 4.95. The third-order valence-electron chi connectivity index (χ3n) is 2.22. The fourth-order valence-electron chi connectivity index (χ4n) is 1.47. The van der Waals surface area contributed by atoms with Gasteiger partial charge in [-0.05, 0) is 19.1 Å². The van der Waals surface area contributed by atoms with Gasteiger partial charge >= 0.3 is 0 Å². The van der Waals surface area contributed by atoms with Gasteiger partial charge in [0.25, 0.3) is 0 Å². The van der Waals surface area contributed by atoms with Crippen molar-refractivity contribution in [1.29, 1.82) is 0 Å². The number of rotatable bonds is 1. The first-order chi connectivity index (χ1) is 7.83. The van der Waals surface area contributed by atoms with Crippen LogP contribution >= 0.6 is 0 Å². The fourth-order valence-corrected chi connectivity index (χ4v) is 1.47. The number of aryl methyl sites for hydroxylation is 1. The quantitative estimate of drug-likeness (QED) is 0.612. The van der Waals surface area contributed by atoms with E-state index in [1.165, 1.54) is 0 Å². The fraction of sp³-hybridized carbons (Fsp3) is 0.0909. The van der Waals surface area contributed by atoms with Crippen LogP contribution in [-0.4, -0.2) is 25.0 Å². The molecular weight excluding hydrogens is 202 g/mol. The topological polar surface area (TPSA) is 56.5 Å². The Hall–Kier alpha value is -2.30. The van der Waals surface area contributed by atoms with Crippen molar-refractivity contribution in [3.8, 4) is 5.69 Å². The Morgan fingerprint density at radius 1 is 1.00 bits per heavy atom. The van der Waals surface area contributed by atoms with Gasteiger partial charge in [0.1, 0.15) is 0 Å². The van der Waals surface area contributed by atoms with Crippen molar-refractivity contribution in [2.45, 2.75) is 6.92 Å². The average Bonchev–Trinajstić information content (AvgIpc) is 2.73. The van der Waals surface area contributed by atoms with Crippen molar-refractivity contribution in [3.05, 3.63) is 42.2 Å². The minimum absolute atomic E-state index is 0.564. The molecule has 3 rings (SSSR count). The molecule has 0 saturated carbocycles. The van der Waals surface area contributed by atoms with Crippen LogP contribution in [0.1, 0.15) is 5.69 Å². The number of fused-ring (bicyclic) bond motifs is 1. The molecule has 0 aliphatic rings. The summed E-state index contributed by atoms with van der Waals surface area (Å²) in [5, 5.41) is 8.53. The lowest BCUT2D eigenvalue weighted by Crippen LogP contribution is -1.97. The molecular formula is C11H9N5. The zero-order valence-corrected chi connectivity index (χ0v) is 8.70. The van der Waals surface area contributed by atoms with Crippen LogP contribution in [0.5, 0.6) is 0 Å². The summed E-state index contributed by atoms with van der Waals surface area (Å²) in [5.41, 5.74) is 2.88. The van der Waals surface area contributed by atoms with Crippen molar-refractivity contribution >= 4 is 11.3 Å². The van der Waals surface area contributed by atoms with E-state index in [0.29, 0.717) is 11.3 Å². The van der Waals surface area contributed by atoms with Crippen molar-refractivity contribution in [1.82, 2.24) is 25.0 Å². The molecule has 78 valence electrons. The van der Waals surface area contributed by atoms with Crippen LogP contribution in [0.3, 0.4) is 0 Å². The third kappa shape index (κ3) is 1.42. The van der Waals surface area contributed by atoms with E-state index >= 15 is 0 Å². The van der Waals surface area contributed by atoms with Crippen LogP contribution < -0.4 is 0 Å². The van der Waals surface area contributed by atoms with Gasteiger partial charge in [-0.1, -0.05) is 18.2 Å². The maximum Gasteiger partial charge on any atom is 0.221 e. The average molecular weight is 211 g/mol. The highest BCUT2D eigenvalue weighted by atomic mass is 15.5. The molecule has 0 aliphatic carbocycles. The van der Waals surface area contributed by atoms with E-state index in [9.17, 15) is 0 Å². The molecule has 0 spiro atoms. The summed E-state index contributed by atoms with van der Waals surface area (Å²) in [5.74, 6) is 0. The number of nitrogens with zero attached hydrogens (tertiary/aromatic N) is 5. The Morgan fingerprint density at radius 3 is 2.56 bits per heavy atom. The number of para-hydroxylation sites is 1. The minimum Gasteiger partial charge on any atom is -0.230 e. The van der Waals surface area contributed by atoms with E-state index in [1.807, 2.05) is 37.3 Å². The van der Waals surface area contributed by atoms with Crippen LogP contribution in [0.15, 0.2) is 36.5 Å². The molecule has 2 aromatic heterocycles. The summed E-state index contributed by atoms with van der Waals surface area (Å²) in [4.78, 5) is 9.98. The normalized spacial score (nSPS) is 10.8. The molecule has 1 aromatic carbocycles. The lowest BCUT2D eigenvalue weighted by Gasteiger charge is -1.95. The van der Waals surface area contributed by atoms with Gasteiger partial charge in [0, 0.05) is 0 Å². The van der Waals surface area contributed by atoms with E-state index < -0.39 is 0 Å². The molecule has 0 unspecified atom stereocenters. The minimum atomic E-state index is 0.564. The predicted octanol–water partition coefficient (Wildman–Crippen LogP) is 1.52. The summed E-state index contributed by atoms with van der Waals surface area (Å²) >= 11 is 0. The maximum atomic E-state index is 4.28. The van der Waals surface area contributed by atoms with E-state index in [4.69, 9.17) is 0 Å². The highest BCUT2D eigenvalue weighted by Crippen LogP contribution is 2.08. The molecule has 0 aliphatic heterocycles. The van der Waals surface area contributed by atoms with Crippen LogP contribution in [0.4, 0.5) is 0 Å². The maximum absolute atomic E-state index is 4.28. The number of benzene rings is 1. The summed E-state index contributed by atoms with van der Waals surface area (Å²) in [6.07, 6.45) is 1.69. The van der Waals surface area contributed by atoms with Gasteiger partial charge in [-0.3, -0.25) is 0 Å². The Morgan fingerprint density at radius 2 is 1.75 bits per heavy atom. The van der Waals surface area contributed by atoms with E-state index in [0.717, 1.165) is 11.4 Å². The summed E-state index contributed by atoms with van der Waals surface area (Å²) < 4.78 is 0. The second kappa shape index (κ2) is 3.37. The largest absolute Gasteiger partial charge is 0.230 e. The lowest BCUT2D eigenvalue weighted by molar-refractivity contribution is 0.761. The molecule has 0 fully saturated rings. The smallest absolute Gasteiger partial charge is 0.221 e. The summed E-state index contributed by atoms with van der Waals surface area (Å²) in [6, 6.07) is 9.70. The SMILES string of the molecule is Cc1cnc2nn(-c3ccccc3)nc2n1. The van der Waals surface area contributed by atoms with E-state index in [1.54, 1.807) is 11.0 Å². The highest BCUT2D eigenvalue weighted by molar-refractivity contribution is 5.63. The Labute approximate surface area is 91.8 Å². The van der Waals surface area contributed by atoms with Crippen LogP contribution in [0.25, 0.3) is 17.0 Å². The van der Waals surface area contributed by atoms with Crippen LogP contribution in [0, 0.1) is 6.92 Å². The molecule has 3 aromatic rings. The molecule has 0 N–H and O–H groups in total. The molecule has 0 atom stereocenters. The van der Waals surface area contributed by atoms with Gasteiger partial charge in [-0.15, -0.1) is 15.0 Å². The number of hydrogen-bond donors (Lipinski definition) is 0. The van der Waals surface area contributed by atoms with Crippen LogP contribution in [-0.2, 0) is 0 Å². The van der Waals surface area contributed by atoms with E-state index in [2.05, 4.69) is 20.2 Å². The third-order valence-corrected chi connectivity index (χ3v) is 2.22. The molecule has 0 radical (unpaired) electrons. The monoisotopic (exact) mass is 211 g/mol. The predicted molar refractivity (Wildman–Crippen MR) is 59.2 cm³/mol. The molecule has 5 heteroatoms. The zero-order chi connectivity index (χ0) is 11.0. The summed E-state index contributed by atoms with van der Waals surface area (Å²) in [6.45, 7) is 1.88. The van der Waals surface area contributed by atoms with Crippen molar-refractivity contribution in [3.63, 3.8) is 0 Å². The molecule has 0 bridgehead atoms. The number of hydrogen-bond acceptors (Lipinski definition) is 4. The Bertz CT molecular complexity index is 629. The molecule has 0 saturated heterocycles.